The van der Waals surface area contributed by atoms with E-state index < -0.39 is 0 Å². The first kappa shape index (κ1) is 14.9. The minimum Gasteiger partial charge on any atom is -0.383 e. The van der Waals surface area contributed by atoms with Gasteiger partial charge in [-0.05, 0) is 23.3 Å². The van der Waals surface area contributed by atoms with E-state index in [-0.39, 0.29) is 0 Å². The van der Waals surface area contributed by atoms with E-state index in [4.69, 9.17) is 4.74 Å². The third kappa shape index (κ3) is 3.78. The van der Waals surface area contributed by atoms with Gasteiger partial charge >= 0.3 is 0 Å². The van der Waals surface area contributed by atoms with Crippen molar-refractivity contribution in [3.05, 3.63) is 5.82 Å². The van der Waals surface area contributed by atoms with Gasteiger partial charge in [-0.2, -0.15) is 0 Å². The van der Waals surface area contributed by atoms with Crippen molar-refractivity contribution >= 4 is 0 Å². The van der Waals surface area contributed by atoms with Crippen molar-refractivity contribution in [1.82, 2.24) is 30.0 Å². The van der Waals surface area contributed by atoms with Crippen LogP contribution in [0.1, 0.15) is 31.5 Å². The second-order valence-corrected chi connectivity index (χ2v) is 6.06. The average Bonchev–Trinajstić information content (AvgIpc) is 3.18. The van der Waals surface area contributed by atoms with Crippen LogP contribution in [0.5, 0.6) is 0 Å². The van der Waals surface area contributed by atoms with E-state index in [1.165, 1.54) is 38.8 Å². The van der Waals surface area contributed by atoms with E-state index in [9.17, 15) is 0 Å². The molecule has 0 N–H and O–H groups in total. The van der Waals surface area contributed by atoms with Crippen LogP contribution in [-0.4, -0.2) is 75.9 Å². The van der Waals surface area contributed by atoms with Gasteiger partial charge in [0.1, 0.15) is 0 Å². The Morgan fingerprint density at radius 2 is 1.90 bits per heavy atom. The highest BCUT2D eigenvalue weighted by Crippen LogP contribution is 2.24. The molecule has 1 aromatic rings. The molecule has 21 heavy (non-hydrogen) atoms. The van der Waals surface area contributed by atoms with Crippen molar-refractivity contribution < 1.29 is 4.74 Å². The largest absolute Gasteiger partial charge is 0.383 e. The number of piperazine rings is 1. The van der Waals surface area contributed by atoms with Gasteiger partial charge in [0.05, 0.1) is 19.7 Å². The number of nitrogens with zero attached hydrogens (tertiary/aromatic N) is 6. The smallest absolute Gasteiger partial charge is 0.165 e. The van der Waals surface area contributed by atoms with Gasteiger partial charge in [0.2, 0.25) is 0 Å². The molecule has 0 unspecified atom stereocenters. The molecule has 1 saturated carbocycles. The Kier molecular flexibility index (Phi) is 5.16. The predicted octanol–water partition coefficient (Wildman–Crippen LogP) is 0.380. The lowest BCUT2D eigenvalue weighted by Gasteiger charge is -2.37. The molecule has 7 nitrogen and oxygen atoms in total. The highest BCUT2D eigenvalue weighted by molar-refractivity contribution is 4.86. The number of aromatic nitrogens is 4. The molecule has 0 amide bonds. The Morgan fingerprint density at radius 3 is 2.62 bits per heavy atom. The summed E-state index contributed by atoms with van der Waals surface area (Å²) in [5.74, 6) is 0.946. The third-order valence-electron chi connectivity index (χ3n) is 4.73. The lowest BCUT2D eigenvalue weighted by atomic mass is 10.2. The second kappa shape index (κ2) is 7.29. The summed E-state index contributed by atoms with van der Waals surface area (Å²) in [6.07, 6.45) is 5.63. The Labute approximate surface area is 126 Å². The SMILES string of the molecule is COCCn1nnnc1CN1CCN(C2CCCC2)CC1. The van der Waals surface area contributed by atoms with E-state index in [1.807, 2.05) is 4.68 Å². The van der Waals surface area contributed by atoms with Crippen LogP contribution < -0.4 is 0 Å². The summed E-state index contributed by atoms with van der Waals surface area (Å²) in [6.45, 7) is 6.82. The van der Waals surface area contributed by atoms with E-state index in [2.05, 4.69) is 25.3 Å². The van der Waals surface area contributed by atoms with Gasteiger partial charge in [-0.3, -0.25) is 9.80 Å². The maximum atomic E-state index is 5.09. The Bertz CT molecular complexity index is 423. The summed E-state index contributed by atoms with van der Waals surface area (Å²) in [5, 5.41) is 12.0. The first-order chi connectivity index (χ1) is 10.4. The molecule has 1 aliphatic carbocycles. The Morgan fingerprint density at radius 1 is 1.14 bits per heavy atom. The molecule has 2 heterocycles. The number of rotatable bonds is 6. The van der Waals surface area contributed by atoms with Gasteiger partial charge in [0.15, 0.2) is 5.82 Å². The number of methoxy groups -OCH3 is 1. The summed E-state index contributed by atoms with van der Waals surface area (Å²) < 4.78 is 6.95. The zero-order valence-electron chi connectivity index (χ0n) is 12.9. The molecule has 118 valence electrons. The van der Waals surface area contributed by atoms with Crippen molar-refractivity contribution in [3.8, 4) is 0 Å². The molecule has 2 fully saturated rings. The fourth-order valence-electron chi connectivity index (χ4n) is 3.44. The van der Waals surface area contributed by atoms with Crippen molar-refractivity contribution in [2.45, 2.75) is 44.8 Å². The first-order valence-corrected chi connectivity index (χ1v) is 8.07. The minimum atomic E-state index is 0.646. The van der Waals surface area contributed by atoms with Crippen LogP contribution in [-0.2, 0) is 17.8 Å². The molecular formula is C14H26N6O. The quantitative estimate of drug-likeness (QED) is 0.756. The molecule has 2 aliphatic rings. The van der Waals surface area contributed by atoms with Gasteiger partial charge < -0.3 is 4.74 Å². The Balaban J connectivity index is 1.47. The summed E-state index contributed by atoms with van der Waals surface area (Å²) >= 11 is 0. The topological polar surface area (TPSA) is 59.3 Å². The number of ether oxygens (including phenoxy) is 1. The second-order valence-electron chi connectivity index (χ2n) is 6.06. The lowest BCUT2D eigenvalue weighted by Crippen LogP contribution is -2.49. The highest BCUT2D eigenvalue weighted by atomic mass is 16.5. The first-order valence-electron chi connectivity index (χ1n) is 8.07. The zero-order valence-corrected chi connectivity index (χ0v) is 12.9. The fraction of sp³-hybridized carbons (Fsp3) is 0.929. The zero-order chi connectivity index (χ0) is 14.5. The summed E-state index contributed by atoms with van der Waals surface area (Å²) in [4.78, 5) is 5.14. The molecule has 0 bridgehead atoms. The van der Waals surface area contributed by atoms with Crippen molar-refractivity contribution in [1.29, 1.82) is 0 Å². The van der Waals surface area contributed by atoms with Crippen molar-refractivity contribution in [3.63, 3.8) is 0 Å². The number of tetrazole rings is 1. The summed E-state index contributed by atoms with van der Waals surface area (Å²) in [6, 6.07) is 0.846. The van der Waals surface area contributed by atoms with E-state index in [1.54, 1.807) is 7.11 Å². The molecule has 7 heteroatoms. The maximum Gasteiger partial charge on any atom is 0.165 e. The van der Waals surface area contributed by atoms with Crippen LogP contribution >= 0.6 is 0 Å². The molecule has 1 aromatic heterocycles. The predicted molar refractivity (Wildman–Crippen MR) is 78.8 cm³/mol. The standard InChI is InChI=1S/C14H26N6O/c1-21-11-10-20-14(15-16-17-20)12-18-6-8-19(9-7-18)13-4-2-3-5-13/h13H,2-12H2,1H3. The van der Waals surface area contributed by atoms with Crippen LogP contribution in [0.3, 0.4) is 0 Å². The monoisotopic (exact) mass is 294 g/mol. The molecule has 0 radical (unpaired) electrons. The van der Waals surface area contributed by atoms with Crippen LogP contribution in [0.15, 0.2) is 0 Å². The molecular weight excluding hydrogens is 268 g/mol. The molecule has 3 rings (SSSR count). The van der Waals surface area contributed by atoms with Crippen molar-refractivity contribution in [2.24, 2.45) is 0 Å². The maximum absolute atomic E-state index is 5.09. The van der Waals surface area contributed by atoms with Crippen LogP contribution in [0, 0.1) is 0 Å². The molecule has 0 aromatic carbocycles. The number of hydrogen-bond acceptors (Lipinski definition) is 6. The third-order valence-corrected chi connectivity index (χ3v) is 4.73. The Hall–Kier alpha value is -1.05. The summed E-state index contributed by atoms with van der Waals surface area (Å²) in [7, 11) is 1.70. The lowest BCUT2D eigenvalue weighted by molar-refractivity contribution is 0.0905. The van der Waals surface area contributed by atoms with Gasteiger partial charge in [-0.1, -0.05) is 12.8 Å². The molecule has 0 spiro atoms. The minimum absolute atomic E-state index is 0.646. The van der Waals surface area contributed by atoms with Crippen LogP contribution in [0.2, 0.25) is 0 Å². The average molecular weight is 294 g/mol. The van der Waals surface area contributed by atoms with Gasteiger partial charge in [0, 0.05) is 39.3 Å². The van der Waals surface area contributed by atoms with E-state index >= 15 is 0 Å². The van der Waals surface area contributed by atoms with Crippen molar-refractivity contribution in [2.75, 3.05) is 39.9 Å². The van der Waals surface area contributed by atoms with Gasteiger partial charge in [-0.15, -0.1) is 5.10 Å². The van der Waals surface area contributed by atoms with Gasteiger partial charge in [0.25, 0.3) is 0 Å². The molecule has 1 saturated heterocycles. The van der Waals surface area contributed by atoms with Crippen LogP contribution in [0.4, 0.5) is 0 Å². The number of hydrogen-bond donors (Lipinski definition) is 0. The van der Waals surface area contributed by atoms with Crippen LogP contribution in [0.25, 0.3) is 0 Å². The van der Waals surface area contributed by atoms with E-state index in [0.29, 0.717) is 6.61 Å². The van der Waals surface area contributed by atoms with Gasteiger partial charge in [-0.25, -0.2) is 4.68 Å². The summed E-state index contributed by atoms with van der Waals surface area (Å²) in [5.41, 5.74) is 0. The highest BCUT2D eigenvalue weighted by Gasteiger charge is 2.26. The molecule has 1 aliphatic heterocycles. The fourth-order valence-corrected chi connectivity index (χ4v) is 3.44. The van der Waals surface area contributed by atoms with E-state index in [0.717, 1.165) is 38.0 Å². The normalized spacial score (nSPS) is 22.1. The molecule has 0 atom stereocenters.